The molecule has 0 aliphatic heterocycles. The first-order valence-corrected chi connectivity index (χ1v) is 6.99. The number of rotatable bonds is 7. The molecule has 5 N–H and O–H groups in total. The monoisotopic (exact) mass is 302 g/mol. The lowest BCUT2D eigenvalue weighted by Crippen LogP contribution is -2.47. The van der Waals surface area contributed by atoms with E-state index >= 15 is 0 Å². The van der Waals surface area contributed by atoms with Gasteiger partial charge in [-0.3, -0.25) is 20.4 Å². The van der Waals surface area contributed by atoms with Crippen LogP contribution in [0, 0.1) is 0 Å². The smallest absolute Gasteiger partial charge is 0.408 e. The highest BCUT2D eigenvalue weighted by molar-refractivity contribution is 5.85. The number of unbranched alkanes of at least 4 members (excludes halogenated alkanes) is 2. The number of hydrazine groups is 1. The molecule has 0 aliphatic rings. The molecule has 0 saturated heterocycles. The lowest BCUT2D eigenvalue weighted by atomic mass is 10.2. The van der Waals surface area contributed by atoms with Gasteiger partial charge in [0.1, 0.15) is 12.1 Å². The van der Waals surface area contributed by atoms with E-state index in [2.05, 4.69) is 16.2 Å². The first kappa shape index (κ1) is 19.2. The number of nitrogens with one attached hydrogen (secondary N) is 3. The zero-order valence-electron chi connectivity index (χ0n) is 13.0. The van der Waals surface area contributed by atoms with Gasteiger partial charge in [-0.25, -0.2) is 4.79 Å². The van der Waals surface area contributed by atoms with Crippen LogP contribution >= 0.6 is 0 Å². The van der Waals surface area contributed by atoms with Crippen LogP contribution in [0.3, 0.4) is 0 Å². The number of carbonyl (C=O) groups is 3. The van der Waals surface area contributed by atoms with Crippen LogP contribution in [0.4, 0.5) is 4.79 Å². The minimum absolute atomic E-state index is 0.275. The van der Waals surface area contributed by atoms with E-state index in [1.807, 2.05) is 0 Å². The quantitative estimate of drug-likeness (QED) is 0.394. The number of carbonyl (C=O) groups excluding carboxylic acids is 3. The van der Waals surface area contributed by atoms with Crippen LogP contribution in [0.15, 0.2) is 0 Å². The summed E-state index contributed by atoms with van der Waals surface area (Å²) in [5.74, 6) is -0.811. The maximum absolute atomic E-state index is 11.4. The average Bonchev–Trinajstić information content (AvgIpc) is 2.37. The van der Waals surface area contributed by atoms with E-state index < -0.39 is 17.6 Å². The predicted octanol–water partition coefficient (Wildman–Crippen LogP) is 0.178. The Morgan fingerprint density at radius 3 is 2.19 bits per heavy atom. The fourth-order valence-corrected chi connectivity index (χ4v) is 1.32. The van der Waals surface area contributed by atoms with Crippen LogP contribution in [-0.2, 0) is 14.3 Å². The second-order valence-electron chi connectivity index (χ2n) is 5.55. The first-order valence-electron chi connectivity index (χ1n) is 6.99. The van der Waals surface area contributed by atoms with Gasteiger partial charge in [0, 0.05) is 6.42 Å². The zero-order chi connectivity index (χ0) is 16.3. The van der Waals surface area contributed by atoms with E-state index in [4.69, 9.17) is 10.5 Å². The molecule has 0 aromatic heterocycles. The van der Waals surface area contributed by atoms with Gasteiger partial charge in [-0.1, -0.05) is 6.42 Å². The van der Waals surface area contributed by atoms with Crippen molar-refractivity contribution in [3.8, 4) is 0 Å². The number of ether oxygens (including phenoxy) is 1. The predicted molar refractivity (Wildman–Crippen MR) is 78.0 cm³/mol. The molecule has 3 amide bonds. The van der Waals surface area contributed by atoms with Crippen molar-refractivity contribution in [3.05, 3.63) is 0 Å². The Kier molecular flexibility index (Phi) is 9.11. The van der Waals surface area contributed by atoms with E-state index in [0.29, 0.717) is 13.0 Å². The number of amides is 3. The highest BCUT2D eigenvalue weighted by atomic mass is 16.6. The summed E-state index contributed by atoms with van der Waals surface area (Å²) in [6, 6.07) is 0. The van der Waals surface area contributed by atoms with Gasteiger partial charge in [0.15, 0.2) is 0 Å². The van der Waals surface area contributed by atoms with Crippen molar-refractivity contribution >= 4 is 17.9 Å². The summed E-state index contributed by atoms with van der Waals surface area (Å²) >= 11 is 0. The fraction of sp³-hybridized carbons (Fsp3) is 0.769. The Hall–Kier alpha value is -1.83. The standard InChI is InChI=1S/C13H26N4O4/c1-13(2,3)21-12(20)15-9-11(19)17-16-10(18)7-5-4-6-8-14/h4-9,14H2,1-3H3,(H,15,20)(H,16,18)(H,17,19). The highest BCUT2D eigenvalue weighted by Crippen LogP contribution is 2.05. The largest absolute Gasteiger partial charge is 0.444 e. The van der Waals surface area contributed by atoms with E-state index in [0.717, 1.165) is 19.3 Å². The molecule has 0 aromatic carbocycles. The van der Waals surface area contributed by atoms with Gasteiger partial charge in [0.2, 0.25) is 5.91 Å². The molecule has 21 heavy (non-hydrogen) atoms. The lowest BCUT2D eigenvalue weighted by Gasteiger charge is -2.19. The Morgan fingerprint density at radius 2 is 1.62 bits per heavy atom. The summed E-state index contributed by atoms with van der Waals surface area (Å²) in [6.07, 6.45) is 2.09. The first-order chi connectivity index (χ1) is 9.74. The molecule has 8 nitrogen and oxygen atoms in total. The van der Waals surface area contributed by atoms with Crippen molar-refractivity contribution in [2.24, 2.45) is 5.73 Å². The molecule has 0 atom stereocenters. The van der Waals surface area contributed by atoms with Crippen LogP contribution < -0.4 is 21.9 Å². The summed E-state index contributed by atoms with van der Waals surface area (Å²) in [6.45, 7) is 5.49. The summed E-state index contributed by atoms with van der Waals surface area (Å²) in [5, 5.41) is 2.28. The Balaban J connectivity index is 3.71. The maximum Gasteiger partial charge on any atom is 0.408 e. The van der Waals surface area contributed by atoms with E-state index in [9.17, 15) is 14.4 Å². The molecule has 0 heterocycles. The summed E-state index contributed by atoms with van der Waals surface area (Å²) in [4.78, 5) is 34.0. The van der Waals surface area contributed by atoms with Gasteiger partial charge < -0.3 is 15.8 Å². The van der Waals surface area contributed by atoms with Gasteiger partial charge in [-0.05, 0) is 40.2 Å². The van der Waals surface area contributed by atoms with Gasteiger partial charge in [0.05, 0.1) is 0 Å². The Bertz CT molecular complexity index is 353. The Morgan fingerprint density at radius 1 is 1.00 bits per heavy atom. The third-order valence-corrected chi connectivity index (χ3v) is 2.24. The average molecular weight is 302 g/mol. The number of nitrogens with two attached hydrogens (primary N) is 1. The van der Waals surface area contributed by atoms with Gasteiger partial charge in [-0.2, -0.15) is 0 Å². The molecular weight excluding hydrogens is 276 g/mol. The van der Waals surface area contributed by atoms with Crippen molar-refractivity contribution in [2.45, 2.75) is 52.1 Å². The molecule has 0 rings (SSSR count). The van der Waals surface area contributed by atoms with Crippen LogP contribution in [-0.4, -0.2) is 36.6 Å². The lowest BCUT2D eigenvalue weighted by molar-refractivity contribution is -0.128. The fourth-order valence-electron chi connectivity index (χ4n) is 1.32. The highest BCUT2D eigenvalue weighted by Gasteiger charge is 2.16. The summed E-state index contributed by atoms with van der Waals surface area (Å²) in [7, 11) is 0. The molecule has 0 unspecified atom stereocenters. The van der Waals surface area contributed by atoms with Gasteiger partial charge >= 0.3 is 6.09 Å². The molecule has 0 fully saturated rings. The minimum Gasteiger partial charge on any atom is -0.444 e. The van der Waals surface area contributed by atoms with Crippen molar-refractivity contribution in [1.82, 2.24) is 16.2 Å². The molecule has 0 saturated carbocycles. The van der Waals surface area contributed by atoms with Gasteiger partial charge in [0.25, 0.3) is 5.91 Å². The van der Waals surface area contributed by atoms with Crippen molar-refractivity contribution < 1.29 is 19.1 Å². The maximum atomic E-state index is 11.4. The van der Waals surface area contributed by atoms with Crippen molar-refractivity contribution in [2.75, 3.05) is 13.1 Å². The summed E-state index contributed by atoms with van der Waals surface area (Å²) < 4.78 is 4.96. The molecule has 0 bridgehead atoms. The van der Waals surface area contributed by atoms with Gasteiger partial charge in [-0.15, -0.1) is 0 Å². The molecule has 0 radical (unpaired) electrons. The Labute approximate surface area is 125 Å². The second-order valence-corrected chi connectivity index (χ2v) is 5.55. The SMILES string of the molecule is CC(C)(C)OC(=O)NCC(=O)NNC(=O)CCCCCN. The van der Waals surface area contributed by atoms with Crippen LogP contribution in [0.25, 0.3) is 0 Å². The second kappa shape index (κ2) is 9.98. The van der Waals surface area contributed by atoms with Crippen molar-refractivity contribution in [3.63, 3.8) is 0 Å². The molecule has 0 aliphatic carbocycles. The van der Waals surface area contributed by atoms with E-state index in [-0.39, 0.29) is 12.5 Å². The normalized spacial score (nSPS) is 10.7. The number of hydrogen-bond acceptors (Lipinski definition) is 5. The molecular formula is C13H26N4O4. The van der Waals surface area contributed by atoms with Crippen LogP contribution in [0.2, 0.25) is 0 Å². The number of hydrogen-bond donors (Lipinski definition) is 4. The molecule has 122 valence electrons. The summed E-state index contributed by atoms with van der Waals surface area (Å²) in [5.41, 5.74) is 9.19. The van der Waals surface area contributed by atoms with E-state index in [1.54, 1.807) is 20.8 Å². The molecule has 0 aromatic rings. The third-order valence-electron chi connectivity index (χ3n) is 2.24. The van der Waals surface area contributed by atoms with Crippen molar-refractivity contribution in [1.29, 1.82) is 0 Å². The number of alkyl carbamates (subject to hydrolysis) is 1. The zero-order valence-corrected chi connectivity index (χ0v) is 13.0. The minimum atomic E-state index is -0.689. The van der Waals surface area contributed by atoms with E-state index in [1.165, 1.54) is 0 Å². The molecule has 0 spiro atoms. The topological polar surface area (TPSA) is 123 Å². The van der Waals surface area contributed by atoms with Crippen LogP contribution in [0.5, 0.6) is 0 Å². The third kappa shape index (κ3) is 12.9. The van der Waals surface area contributed by atoms with Crippen LogP contribution in [0.1, 0.15) is 46.5 Å². The molecule has 8 heteroatoms.